The van der Waals surface area contributed by atoms with E-state index >= 15 is 0 Å². The number of esters is 1. The van der Waals surface area contributed by atoms with E-state index < -0.39 is 71.7 Å². The molecule has 36 heavy (non-hydrogen) atoms. The SMILES string of the molecule is CCC=C(C)C(=O)OC(F)(C(F)(F)F)C(F)(F)C(F)(F)C(F)(F)C(F)(F)C(F)(C(F)(F)F)C(F)(F)F. The molecule has 0 aliphatic rings. The molecule has 0 spiro atoms. The van der Waals surface area contributed by atoms with Crippen molar-refractivity contribution in [2.45, 2.75) is 74.0 Å². The van der Waals surface area contributed by atoms with Crippen LogP contribution in [0.15, 0.2) is 11.6 Å². The quantitative estimate of drug-likeness (QED) is 0.169. The molecular weight excluding hydrogens is 573 g/mol. The minimum absolute atomic E-state index is 0.339. The summed E-state index contributed by atoms with van der Waals surface area (Å²) in [7, 11) is 0. The summed E-state index contributed by atoms with van der Waals surface area (Å²) >= 11 is 0. The fraction of sp³-hybridized carbons (Fsp3) is 0.800. The molecule has 214 valence electrons. The lowest BCUT2D eigenvalue weighted by Crippen LogP contribution is -2.78. The van der Waals surface area contributed by atoms with Crippen LogP contribution in [0.1, 0.15) is 20.3 Å². The highest BCUT2D eigenvalue weighted by molar-refractivity contribution is 5.88. The molecule has 0 N–H and O–H groups in total. The second-order valence-corrected chi connectivity index (χ2v) is 6.73. The second kappa shape index (κ2) is 9.02. The highest BCUT2D eigenvalue weighted by atomic mass is 19.4. The van der Waals surface area contributed by atoms with Crippen molar-refractivity contribution < 1.29 is 92.9 Å². The van der Waals surface area contributed by atoms with Crippen molar-refractivity contribution in [1.82, 2.24) is 0 Å². The molecule has 0 aromatic rings. The molecular formula is C15H9F19O2. The van der Waals surface area contributed by atoms with Crippen LogP contribution in [0, 0.1) is 0 Å². The van der Waals surface area contributed by atoms with E-state index in [-0.39, 0.29) is 0 Å². The summed E-state index contributed by atoms with van der Waals surface area (Å²) in [6.45, 7) is 1.41. The molecule has 1 atom stereocenters. The molecule has 0 aliphatic carbocycles. The predicted octanol–water partition coefficient (Wildman–Crippen LogP) is 7.49. The first kappa shape index (κ1) is 33.9. The summed E-state index contributed by atoms with van der Waals surface area (Å²) in [5.74, 6) is -46.5. The van der Waals surface area contributed by atoms with Crippen molar-refractivity contribution in [3.05, 3.63) is 11.6 Å². The molecule has 0 bridgehead atoms. The Bertz CT molecular complexity index is 832. The van der Waals surface area contributed by atoms with E-state index in [0.717, 1.165) is 6.92 Å². The molecule has 0 saturated carbocycles. The molecule has 1 unspecified atom stereocenters. The highest BCUT2D eigenvalue weighted by Gasteiger charge is 2.98. The zero-order valence-electron chi connectivity index (χ0n) is 16.8. The number of alkyl halides is 19. The summed E-state index contributed by atoms with van der Waals surface area (Å²) in [5, 5.41) is 0. The molecule has 0 fully saturated rings. The summed E-state index contributed by atoms with van der Waals surface area (Å²) in [4.78, 5) is 11.3. The third-order valence-electron chi connectivity index (χ3n) is 4.23. The van der Waals surface area contributed by atoms with E-state index in [1.54, 1.807) is 0 Å². The van der Waals surface area contributed by atoms with Crippen molar-refractivity contribution in [2.75, 3.05) is 0 Å². The van der Waals surface area contributed by atoms with Crippen molar-refractivity contribution in [3.8, 4) is 0 Å². The van der Waals surface area contributed by atoms with Crippen LogP contribution in [0.4, 0.5) is 83.4 Å². The average Bonchev–Trinajstić information content (AvgIpc) is 2.63. The van der Waals surface area contributed by atoms with E-state index in [2.05, 4.69) is 4.74 Å². The van der Waals surface area contributed by atoms with Gasteiger partial charge in [0.25, 0.3) is 0 Å². The lowest BCUT2D eigenvalue weighted by molar-refractivity contribution is -0.483. The Labute approximate surface area is 186 Å². The van der Waals surface area contributed by atoms with Gasteiger partial charge in [0.1, 0.15) is 0 Å². The van der Waals surface area contributed by atoms with E-state index in [1.165, 1.54) is 0 Å². The van der Waals surface area contributed by atoms with Gasteiger partial charge in [-0.3, -0.25) is 0 Å². The smallest absolute Gasteiger partial charge is 0.411 e. The largest absolute Gasteiger partial charge is 0.467 e. The van der Waals surface area contributed by atoms with Gasteiger partial charge in [0.2, 0.25) is 0 Å². The number of rotatable bonds is 8. The summed E-state index contributed by atoms with van der Waals surface area (Å²) in [6, 6.07) is 0. The van der Waals surface area contributed by atoms with E-state index in [1.807, 2.05) is 0 Å². The first-order chi connectivity index (χ1) is 15.4. The molecule has 0 saturated heterocycles. The van der Waals surface area contributed by atoms with Crippen molar-refractivity contribution in [3.63, 3.8) is 0 Å². The van der Waals surface area contributed by atoms with Crippen LogP contribution in [-0.2, 0) is 9.53 Å². The standard InChI is InChI=1S/C15H9F19O2/c1-3-4-5(2)6(35)36-12(25,15(32,33)34)11(23,24)10(21,22)9(19,20)8(17,18)7(16,13(26,27)28)14(29,30)31/h4H,3H2,1-2H3. The molecule has 0 rings (SSSR count). The lowest BCUT2D eigenvalue weighted by Gasteiger charge is -2.45. The average molecular weight is 582 g/mol. The van der Waals surface area contributed by atoms with Crippen LogP contribution in [0.2, 0.25) is 0 Å². The molecule has 0 heterocycles. The van der Waals surface area contributed by atoms with Gasteiger partial charge in [-0.25, -0.2) is 9.18 Å². The molecule has 0 aliphatic heterocycles. The number of ether oxygens (including phenoxy) is 1. The van der Waals surface area contributed by atoms with Crippen LogP contribution < -0.4 is 0 Å². The van der Waals surface area contributed by atoms with Gasteiger partial charge in [-0.2, -0.15) is 79.0 Å². The Kier molecular flexibility index (Phi) is 8.49. The molecule has 0 radical (unpaired) electrons. The number of hydrogen-bond donors (Lipinski definition) is 0. The van der Waals surface area contributed by atoms with Crippen molar-refractivity contribution in [2.24, 2.45) is 0 Å². The number of hydrogen-bond acceptors (Lipinski definition) is 2. The molecule has 0 amide bonds. The number of allylic oxidation sites excluding steroid dienone is 1. The Morgan fingerprint density at radius 1 is 0.583 bits per heavy atom. The van der Waals surface area contributed by atoms with Crippen molar-refractivity contribution >= 4 is 5.97 Å². The van der Waals surface area contributed by atoms with Crippen LogP contribution in [0.5, 0.6) is 0 Å². The molecule has 2 nitrogen and oxygen atoms in total. The Balaban J connectivity index is 7.31. The zero-order chi connectivity index (χ0) is 29.8. The van der Waals surface area contributed by atoms with Gasteiger partial charge in [-0.05, 0) is 13.3 Å². The number of halogens is 19. The third kappa shape index (κ3) is 4.53. The minimum Gasteiger partial charge on any atom is -0.411 e. The maximum atomic E-state index is 14.2. The Morgan fingerprint density at radius 3 is 1.19 bits per heavy atom. The predicted molar refractivity (Wildman–Crippen MR) is 75.8 cm³/mol. The van der Waals surface area contributed by atoms with Gasteiger partial charge in [-0.15, -0.1) is 0 Å². The zero-order valence-corrected chi connectivity index (χ0v) is 16.8. The Hall–Kier alpha value is -2.12. The maximum Gasteiger partial charge on any atom is 0.467 e. The number of carbonyl (C=O) groups is 1. The maximum absolute atomic E-state index is 14.2. The molecule has 21 heteroatoms. The summed E-state index contributed by atoms with van der Waals surface area (Å²) < 4.78 is 253. The minimum atomic E-state index is -9.10. The van der Waals surface area contributed by atoms with Gasteiger partial charge >= 0.3 is 59.7 Å². The van der Waals surface area contributed by atoms with Gasteiger partial charge in [0, 0.05) is 5.57 Å². The first-order valence-corrected chi connectivity index (χ1v) is 8.36. The lowest BCUT2D eigenvalue weighted by atomic mass is 9.84. The van der Waals surface area contributed by atoms with E-state index in [4.69, 9.17) is 0 Å². The van der Waals surface area contributed by atoms with E-state index in [0.29, 0.717) is 13.0 Å². The van der Waals surface area contributed by atoms with Crippen LogP contribution in [-0.4, -0.2) is 59.7 Å². The fourth-order valence-corrected chi connectivity index (χ4v) is 2.23. The van der Waals surface area contributed by atoms with Crippen LogP contribution in [0.3, 0.4) is 0 Å². The molecule has 0 aromatic carbocycles. The summed E-state index contributed by atoms with van der Waals surface area (Å²) in [6.07, 6.45) is -24.4. The van der Waals surface area contributed by atoms with Crippen LogP contribution >= 0.6 is 0 Å². The van der Waals surface area contributed by atoms with Gasteiger partial charge < -0.3 is 4.74 Å². The van der Waals surface area contributed by atoms with Crippen molar-refractivity contribution in [1.29, 1.82) is 0 Å². The fourth-order valence-electron chi connectivity index (χ4n) is 2.23. The third-order valence-corrected chi connectivity index (χ3v) is 4.23. The topological polar surface area (TPSA) is 26.3 Å². The number of carbonyl (C=O) groups excluding carboxylic acids is 1. The van der Waals surface area contributed by atoms with Gasteiger partial charge in [0.15, 0.2) is 0 Å². The Morgan fingerprint density at radius 2 is 0.917 bits per heavy atom. The molecule has 0 aromatic heterocycles. The normalized spacial score (nSPS) is 17.6. The highest BCUT2D eigenvalue weighted by Crippen LogP contribution is 2.66. The second-order valence-electron chi connectivity index (χ2n) is 6.73. The van der Waals surface area contributed by atoms with E-state index in [9.17, 15) is 88.2 Å². The van der Waals surface area contributed by atoms with Crippen LogP contribution in [0.25, 0.3) is 0 Å². The first-order valence-electron chi connectivity index (χ1n) is 8.36. The monoisotopic (exact) mass is 582 g/mol. The van der Waals surface area contributed by atoms with Gasteiger partial charge in [0.05, 0.1) is 0 Å². The van der Waals surface area contributed by atoms with Gasteiger partial charge in [-0.1, -0.05) is 13.0 Å². The summed E-state index contributed by atoms with van der Waals surface area (Å²) in [5.41, 5.74) is -10.1.